The summed E-state index contributed by atoms with van der Waals surface area (Å²) in [5.41, 5.74) is 6.40. The molecule has 0 aromatic carbocycles. The molecule has 0 atom stereocenters. The highest BCUT2D eigenvalue weighted by atomic mass is 32.1. The Morgan fingerprint density at radius 1 is 1.33 bits per heavy atom. The van der Waals surface area contributed by atoms with Gasteiger partial charge in [-0.3, -0.25) is 0 Å². The van der Waals surface area contributed by atoms with Crippen molar-refractivity contribution >= 4 is 22.4 Å². The average molecular weight is 225 g/mol. The van der Waals surface area contributed by atoms with Gasteiger partial charge in [0.25, 0.3) is 11.8 Å². The van der Waals surface area contributed by atoms with E-state index in [0.29, 0.717) is 17.0 Å². The van der Waals surface area contributed by atoms with Crippen LogP contribution in [0.25, 0.3) is 10.8 Å². The van der Waals surface area contributed by atoms with Crippen molar-refractivity contribution in [1.82, 2.24) is 15.1 Å². The second-order valence-electron chi connectivity index (χ2n) is 3.26. The number of hydrogen-bond donors (Lipinski definition) is 1. The molecule has 15 heavy (non-hydrogen) atoms. The summed E-state index contributed by atoms with van der Waals surface area (Å²) in [6.07, 6.45) is 0. The number of rotatable bonds is 2. The van der Waals surface area contributed by atoms with Gasteiger partial charge < -0.3 is 15.2 Å². The number of hydrogen-bond acceptors (Lipinski definition) is 7. The van der Waals surface area contributed by atoms with Crippen molar-refractivity contribution in [2.45, 2.75) is 6.92 Å². The highest BCUT2D eigenvalue weighted by Gasteiger charge is 2.15. The molecule has 0 fully saturated rings. The van der Waals surface area contributed by atoms with Crippen molar-refractivity contribution in [3.63, 3.8) is 0 Å². The maximum absolute atomic E-state index is 5.59. The first-order valence-electron chi connectivity index (χ1n) is 4.32. The molecule has 6 nitrogen and oxygen atoms in total. The van der Waals surface area contributed by atoms with E-state index in [1.807, 2.05) is 21.0 Å². The van der Waals surface area contributed by atoms with Crippen molar-refractivity contribution in [3.8, 4) is 10.8 Å². The Kier molecular flexibility index (Phi) is 2.31. The lowest BCUT2D eigenvalue weighted by Gasteiger charge is -2.02. The zero-order chi connectivity index (χ0) is 11.0. The Labute approximate surface area is 90.7 Å². The van der Waals surface area contributed by atoms with E-state index in [1.165, 1.54) is 11.3 Å². The standard InChI is InChI=1S/C8H11N5OS/c1-4-5(15-7(9)10-4)6-11-8(12-14-6)13(2)3/h1-3H3,(H2,9,10). The summed E-state index contributed by atoms with van der Waals surface area (Å²) in [6.45, 7) is 1.86. The summed E-state index contributed by atoms with van der Waals surface area (Å²) < 4.78 is 5.12. The lowest BCUT2D eigenvalue weighted by molar-refractivity contribution is 0.431. The average Bonchev–Trinajstić information content (AvgIpc) is 2.71. The predicted octanol–water partition coefficient (Wildman–Crippen LogP) is 1.15. The Bertz CT molecular complexity index is 475. The van der Waals surface area contributed by atoms with Crippen LogP contribution in [0, 0.1) is 6.92 Å². The lowest BCUT2D eigenvalue weighted by atomic mass is 10.4. The molecule has 80 valence electrons. The van der Waals surface area contributed by atoms with Crippen molar-refractivity contribution in [2.24, 2.45) is 0 Å². The minimum Gasteiger partial charge on any atom is -0.375 e. The van der Waals surface area contributed by atoms with E-state index in [2.05, 4.69) is 15.1 Å². The van der Waals surface area contributed by atoms with Gasteiger partial charge in [-0.05, 0) is 12.1 Å². The maximum Gasteiger partial charge on any atom is 0.271 e. The number of nitrogens with two attached hydrogens (primary N) is 1. The second kappa shape index (κ2) is 3.50. The molecule has 0 aliphatic rings. The minimum absolute atomic E-state index is 0.463. The Balaban J connectivity index is 2.41. The number of nitrogens with zero attached hydrogens (tertiary/aromatic N) is 4. The largest absolute Gasteiger partial charge is 0.375 e. The van der Waals surface area contributed by atoms with E-state index in [1.54, 1.807) is 4.90 Å². The second-order valence-corrected chi connectivity index (χ2v) is 4.29. The molecule has 0 saturated heterocycles. The molecule has 2 aromatic heterocycles. The van der Waals surface area contributed by atoms with Crippen LogP contribution in [0.2, 0.25) is 0 Å². The fourth-order valence-electron chi connectivity index (χ4n) is 1.11. The molecule has 2 aromatic rings. The Morgan fingerprint density at radius 3 is 2.53 bits per heavy atom. The zero-order valence-corrected chi connectivity index (χ0v) is 9.50. The normalized spacial score (nSPS) is 10.6. The van der Waals surface area contributed by atoms with Gasteiger partial charge in [-0.2, -0.15) is 4.98 Å². The van der Waals surface area contributed by atoms with Crippen molar-refractivity contribution in [2.75, 3.05) is 24.7 Å². The van der Waals surface area contributed by atoms with Gasteiger partial charge in [-0.1, -0.05) is 11.3 Å². The molecule has 0 saturated carbocycles. The summed E-state index contributed by atoms with van der Waals surface area (Å²) in [5, 5.41) is 4.33. The molecule has 7 heteroatoms. The van der Waals surface area contributed by atoms with Gasteiger partial charge in [0.15, 0.2) is 5.13 Å². The molecule has 0 bridgehead atoms. The lowest BCUT2D eigenvalue weighted by Crippen LogP contribution is -2.09. The monoisotopic (exact) mass is 225 g/mol. The topological polar surface area (TPSA) is 81.1 Å². The van der Waals surface area contributed by atoms with Crippen LogP contribution in [0.15, 0.2) is 4.52 Å². The van der Waals surface area contributed by atoms with E-state index < -0.39 is 0 Å². The molecule has 0 aliphatic carbocycles. The number of aryl methyl sites for hydroxylation is 1. The molecule has 0 amide bonds. The van der Waals surface area contributed by atoms with Crippen LogP contribution in [-0.2, 0) is 0 Å². The van der Waals surface area contributed by atoms with Gasteiger partial charge in [0.1, 0.15) is 4.88 Å². The number of anilines is 2. The van der Waals surface area contributed by atoms with Gasteiger partial charge in [0.2, 0.25) is 0 Å². The Hall–Kier alpha value is -1.63. The van der Waals surface area contributed by atoms with E-state index in [9.17, 15) is 0 Å². The minimum atomic E-state index is 0.463. The van der Waals surface area contributed by atoms with Gasteiger partial charge in [0.05, 0.1) is 5.69 Å². The highest BCUT2D eigenvalue weighted by molar-refractivity contribution is 7.18. The number of aromatic nitrogens is 3. The van der Waals surface area contributed by atoms with Gasteiger partial charge in [-0.25, -0.2) is 4.98 Å². The number of thiazole rings is 1. The van der Waals surface area contributed by atoms with E-state index >= 15 is 0 Å². The van der Waals surface area contributed by atoms with Crippen LogP contribution in [0.3, 0.4) is 0 Å². The fourth-order valence-corrected chi connectivity index (χ4v) is 1.86. The van der Waals surface area contributed by atoms with Crippen LogP contribution >= 0.6 is 11.3 Å². The predicted molar refractivity (Wildman–Crippen MR) is 58.9 cm³/mol. The summed E-state index contributed by atoms with van der Waals surface area (Å²) in [4.78, 5) is 10.9. The first kappa shape index (κ1) is 9.91. The van der Waals surface area contributed by atoms with E-state index in [-0.39, 0.29) is 0 Å². The van der Waals surface area contributed by atoms with Crippen LogP contribution < -0.4 is 10.6 Å². The SMILES string of the molecule is Cc1nc(N)sc1-c1nc(N(C)C)no1. The van der Waals surface area contributed by atoms with Crippen LogP contribution in [0.4, 0.5) is 11.1 Å². The fraction of sp³-hybridized carbons (Fsp3) is 0.375. The van der Waals surface area contributed by atoms with Crippen molar-refractivity contribution in [1.29, 1.82) is 0 Å². The van der Waals surface area contributed by atoms with Gasteiger partial charge in [-0.15, -0.1) is 0 Å². The summed E-state index contributed by atoms with van der Waals surface area (Å²) in [7, 11) is 3.70. The van der Waals surface area contributed by atoms with E-state index in [4.69, 9.17) is 10.3 Å². The molecule has 2 N–H and O–H groups in total. The first-order chi connectivity index (χ1) is 7.08. The molecule has 0 aliphatic heterocycles. The third-order valence-corrected chi connectivity index (χ3v) is 2.80. The van der Waals surface area contributed by atoms with Gasteiger partial charge >= 0.3 is 0 Å². The molecule has 2 heterocycles. The molecule has 0 spiro atoms. The third kappa shape index (κ3) is 1.78. The smallest absolute Gasteiger partial charge is 0.271 e. The summed E-state index contributed by atoms with van der Waals surface area (Å²) >= 11 is 1.34. The Morgan fingerprint density at radius 2 is 2.07 bits per heavy atom. The molecule has 0 unspecified atom stereocenters. The van der Waals surface area contributed by atoms with E-state index in [0.717, 1.165) is 10.6 Å². The molecule has 0 radical (unpaired) electrons. The molecular weight excluding hydrogens is 214 g/mol. The zero-order valence-electron chi connectivity index (χ0n) is 8.68. The molecule has 2 rings (SSSR count). The van der Waals surface area contributed by atoms with Crippen molar-refractivity contribution in [3.05, 3.63) is 5.69 Å². The summed E-state index contributed by atoms with van der Waals surface area (Å²) in [6, 6.07) is 0. The number of nitrogen functional groups attached to an aromatic ring is 1. The third-order valence-electron chi connectivity index (χ3n) is 1.82. The highest BCUT2D eigenvalue weighted by Crippen LogP contribution is 2.30. The van der Waals surface area contributed by atoms with Gasteiger partial charge in [0, 0.05) is 14.1 Å². The van der Waals surface area contributed by atoms with Crippen molar-refractivity contribution < 1.29 is 4.52 Å². The first-order valence-corrected chi connectivity index (χ1v) is 5.14. The summed E-state index contributed by atoms with van der Waals surface area (Å²) in [5.74, 6) is 1.00. The van der Waals surface area contributed by atoms with Crippen LogP contribution in [0.1, 0.15) is 5.69 Å². The maximum atomic E-state index is 5.59. The van der Waals surface area contributed by atoms with Crippen LogP contribution in [-0.4, -0.2) is 29.2 Å². The quantitative estimate of drug-likeness (QED) is 0.825. The van der Waals surface area contributed by atoms with Crippen LogP contribution in [0.5, 0.6) is 0 Å². The molecular formula is C8H11N5OS.